The van der Waals surface area contributed by atoms with Crippen molar-refractivity contribution in [1.82, 2.24) is 10.4 Å². The molecule has 3 amide bonds. The van der Waals surface area contributed by atoms with Crippen molar-refractivity contribution in [2.45, 2.75) is 37.6 Å². The quantitative estimate of drug-likeness (QED) is 0.0887. The molecule has 0 unspecified atom stereocenters. The zero-order valence-electron chi connectivity index (χ0n) is 20.4. The lowest BCUT2D eigenvalue weighted by atomic mass is 10.0. The Kier molecular flexibility index (Phi) is 14.4. The van der Waals surface area contributed by atoms with E-state index >= 15 is 0 Å². The van der Waals surface area contributed by atoms with Gasteiger partial charge in [-0.25, -0.2) is 4.79 Å². The summed E-state index contributed by atoms with van der Waals surface area (Å²) in [4.78, 5) is 84.2. The number of ether oxygens (including phenoxy) is 4. The van der Waals surface area contributed by atoms with Gasteiger partial charge in [0.05, 0.1) is 58.9 Å². The number of amides is 3. The van der Waals surface area contributed by atoms with E-state index in [4.69, 9.17) is 34.3 Å². The molecule has 17 nitrogen and oxygen atoms in total. The van der Waals surface area contributed by atoms with Gasteiger partial charge in [-0.2, -0.15) is 0 Å². The zero-order chi connectivity index (χ0) is 28.6. The van der Waals surface area contributed by atoms with Crippen LogP contribution in [0.25, 0.3) is 0 Å². The van der Waals surface area contributed by atoms with Gasteiger partial charge in [0.15, 0.2) is 0 Å². The van der Waals surface area contributed by atoms with Crippen molar-refractivity contribution in [3.05, 3.63) is 0 Å². The third-order valence-electron chi connectivity index (χ3n) is 4.57. The molecule has 0 aromatic heterocycles. The summed E-state index contributed by atoms with van der Waals surface area (Å²) in [5.41, 5.74) is -1.52. The van der Waals surface area contributed by atoms with Gasteiger partial charge in [-0.15, -0.1) is 5.06 Å². The fourth-order valence-corrected chi connectivity index (χ4v) is 2.86. The van der Waals surface area contributed by atoms with Crippen LogP contribution in [-0.4, -0.2) is 120 Å². The second kappa shape index (κ2) is 17.0. The van der Waals surface area contributed by atoms with Gasteiger partial charge in [-0.1, -0.05) is 0 Å². The van der Waals surface area contributed by atoms with Crippen molar-refractivity contribution in [2.24, 2.45) is 0 Å². The molecule has 0 aromatic carbocycles. The topological polar surface area (TPSA) is 242 Å². The molecule has 0 aliphatic carbocycles. The normalized spacial score (nSPS) is 13.4. The van der Waals surface area contributed by atoms with Gasteiger partial charge >= 0.3 is 23.9 Å². The summed E-state index contributed by atoms with van der Waals surface area (Å²) in [5.74, 6) is -6.78. The molecular formula is C21H30N2O15. The maximum Gasteiger partial charge on any atom is 0.358 e. The van der Waals surface area contributed by atoms with Gasteiger partial charge in [-0.3, -0.25) is 28.8 Å². The van der Waals surface area contributed by atoms with E-state index in [0.717, 1.165) is 0 Å². The molecule has 17 heteroatoms. The predicted octanol–water partition coefficient (Wildman–Crippen LogP) is -2.06. The smallest absolute Gasteiger partial charge is 0.358 e. The molecule has 1 heterocycles. The first-order valence-corrected chi connectivity index (χ1v) is 11.3. The number of nitrogens with zero attached hydrogens (tertiary/aromatic N) is 1. The van der Waals surface area contributed by atoms with Gasteiger partial charge in [0, 0.05) is 12.8 Å². The van der Waals surface area contributed by atoms with Gasteiger partial charge in [0.1, 0.15) is 18.8 Å². The Morgan fingerprint density at radius 3 is 1.53 bits per heavy atom. The average Bonchev–Trinajstić information content (AvgIpc) is 3.14. The van der Waals surface area contributed by atoms with Crippen molar-refractivity contribution < 1.29 is 72.7 Å². The van der Waals surface area contributed by atoms with Crippen LogP contribution >= 0.6 is 0 Å². The Balaban J connectivity index is 2.76. The molecule has 0 atom stereocenters. The average molecular weight is 550 g/mol. The Hall–Kier alpha value is -3.67. The summed E-state index contributed by atoms with van der Waals surface area (Å²) in [7, 11) is 0. The molecule has 4 N–H and O–H groups in total. The number of nitrogens with one attached hydrogen (secondary N) is 1. The number of imide groups is 1. The number of carboxylic acids is 3. The highest BCUT2D eigenvalue weighted by atomic mass is 16.7. The maximum atomic E-state index is 12.6. The Morgan fingerprint density at radius 2 is 1.13 bits per heavy atom. The molecule has 38 heavy (non-hydrogen) atoms. The third-order valence-corrected chi connectivity index (χ3v) is 4.57. The van der Waals surface area contributed by atoms with Crippen LogP contribution in [0.15, 0.2) is 0 Å². The lowest BCUT2D eigenvalue weighted by molar-refractivity contribution is -0.200. The molecule has 0 aromatic rings. The fraction of sp³-hybridized carbons (Fsp3) is 0.667. The van der Waals surface area contributed by atoms with Gasteiger partial charge in [0.2, 0.25) is 5.91 Å². The molecule has 0 radical (unpaired) electrons. The van der Waals surface area contributed by atoms with E-state index < -0.39 is 60.4 Å². The van der Waals surface area contributed by atoms with Crippen LogP contribution in [0.2, 0.25) is 0 Å². The summed E-state index contributed by atoms with van der Waals surface area (Å²) in [6.07, 6.45) is -1.30. The molecule has 0 spiro atoms. The highest BCUT2D eigenvalue weighted by molar-refractivity contribution is 6.01. The minimum atomic E-state index is -1.52. The highest BCUT2D eigenvalue weighted by Crippen LogP contribution is 2.13. The molecule has 1 aliphatic heterocycles. The van der Waals surface area contributed by atoms with Crippen LogP contribution in [0, 0.1) is 0 Å². The Bertz CT molecular complexity index is 804. The predicted molar refractivity (Wildman–Crippen MR) is 118 cm³/mol. The molecular weight excluding hydrogens is 520 g/mol. The van der Waals surface area contributed by atoms with E-state index in [1.54, 1.807) is 0 Å². The molecule has 1 saturated heterocycles. The summed E-state index contributed by atoms with van der Waals surface area (Å²) < 4.78 is 21.0. The first-order chi connectivity index (χ1) is 17.9. The number of rotatable bonds is 21. The van der Waals surface area contributed by atoms with Gasteiger partial charge in [-0.05, 0) is 0 Å². The van der Waals surface area contributed by atoms with Gasteiger partial charge in [0.25, 0.3) is 11.8 Å². The van der Waals surface area contributed by atoms with E-state index in [1.807, 2.05) is 0 Å². The number of hydrogen-bond acceptors (Lipinski definition) is 12. The Labute approximate surface area is 215 Å². The number of hydroxylamine groups is 2. The molecule has 0 saturated carbocycles. The van der Waals surface area contributed by atoms with E-state index in [0.29, 0.717) is 5.06 Å². The van der Waals surface area contributed by atoms with Crippen molar-refractivity contribution in [2.75, 3.05) is 52.9 Å². The SMILES string of the molecule is O=C(O)CCOCC(COCCC(=O)O)(COCCC(=O)O)NC(=O)COCC(=O)ON1C(=O)CCC1=O. The molecule has 214 valence electrons. The minimum Gasteiger partial charge on any atom is -0.481 e. The minimum absolute atomic E-state index is 0.102. The molecule has 1 fully saturated rings. The largest absolute Gasteiger partial charge is 0.481 e. The third kappa shape index (κ3) is 13.6. The monoisotopic (exact) mass is 550 g/mol. The number of hydrogen-bond donors (Lipinski definition) is 4. The lowest BCUT2D eigenvalue weighted by Crippen LogP contribution is -2.59. The second-order valence-corrected chi connectivity index (χ2v) is 7.96. The van der Waals surface area contributed by atoms with Crippen molar-refractivity contribution >= 4 is 41.6 Å². The number of carbonyl (C=O) groups is 7. The number of carbonyl (C=O) groups excluding carboxylic acids is 4. The van der Waals surface area contributed by atoms with E-state index in [1.165, 1.54) is 0 Å². The number of aliphatic carboxylic acids is 3. The molecule has 1 rings (SSSR count). The maximum absolute atomic E-state index is 12.6. The second-order valence-electron chi connectivity index (χ2n) is 7.96. The summed E-state index contributed by atoms with van der Waals surface area (Å²) in [6, 6.07) is 0. The van der Waals surface area contributed by atoms with Crippen LogP contribution in [-0.2, 0) is 57.3 Å². The van der Waals surface area contributed by atoms with Crippen molar-refractivity contribution in [1.29, 1.82) is 0 Å². The van der Waals surface area contributed by atoms with Crippen molar-refractivity contribution in [3.63, 3.8) is 0 Å². The van der Waals surface area contributed by atoms with E-state index in [9.17, 15) is 33.6 Å². The van der Waals surface area contributed by atoms with Crippen LogP contribution in [0.5, 0.6) is 0 Å². The summed E-state index contributed by atoms with van der Waals surface area (Å²) >= 11 is 0. The summed E-state index contributed by atoms with van der Waals surface area (Å²) in [5, 5.41) is 29.2. The summed E-state index contributed by atoms with van der Waals surface area (Å²) in [6.45, 7) is -3.39. The van der Waals surface area contributed by atoms with Crippen molar-refractivity contribution in [3.8, 4) is 0 Å². The highest BCUT2D eigenvalue weighted by Gasteiger charge is 2.35. The van der Waals surface area contributed by atoms with Crippen LogP contribution in [0.3, 0.4) is 0 Å². The van der Waals surface area contributed by atoms with Gasteiger partial charge < -0.3 is 44.4 Å². The zero-order valence-corrected chi connectivity index (χ0v) is 20.4. The Morgan fingerprint density at radius 1 is 0.711 bits per heavy atom. The molecule has 0 bridgehead atoms. The first kappa shape index (κ1) is 32.4. The standard InChI is InChI=1S/C21H30N2O15/c24-14(9-37-10-20(33)38-23-15(25)1-2-16(23)26)22-21(11-34-6-3-17(27)28,12-35-7-4-18(29)30)13-36-8-5-19(31)32/h1-13H2,(H,22,24)(H,27,28)(H,29,30)(H,31,32). The number of carboxylic acid groups (broad SMARTS) is 3. The first-order valence-electron chi connectivity index (χ1n) is 11.3. The van der Waals surface area contributed by atoms with E-state index in [2.05, 4.69) is 10.2 Å². The molecule has 1 aliphatic rings. The van der Waals surface area contributed by atoms with E-state index in [-0.39, 0.29) is 71.7 Å². The van der Waals surface area contributed by atoms with Crippen LogP contribution in [0.1, 0.15) is 32.1 Å². The lowest BCUT2D eigenvalue weighted by Gasteiger charge is -2.34. The van der Waals surface area contributed by atoms with Crippen LogP contribution in [0.4, 0.5) is 0 Å². The fourth-order valence-electron chi connectivity index (χ4n) is 2.86. The van der Waals surface area contributed by atoms with Crippen LogP contribution < -0.4 is 5.32 Å².